The first kappa shape index (κ1) is 16.0. The van der Waals surface area contributed by atoms with E-state index in [1.165, 1.54) is 6.92 Å². The van der Waals surface area contributed by atoms with Gasteiger partial charge in [0, 0.05) is 17.9 Å². The van der Waals surface area contributed by atoms with Crippen LogP contribution in [0.2, 0.25) is 0 Å². The highest BCUT2D eigenvalue weighted by molar-refractivity contribution is 7.89. The average molecular weight is 316 g/mol. The Morgan fingerprint density at radius 1 is 1.43 bits per heavy atom. The Balaban J connectivity index is 2.38. The third-order valence-corrected chi connectivity index (χ3v) is 5.58. The van der Waals surface area contributed by atoms with Gasteiger partial charge in [-0.2, -0.15) is 0 Å². The zero-order valence-electron chi connectivity index (χ0n) is 12.3. The number of sulfonamides is 1. The van der Waals surface area contributed by atoms with E-state index in [2.05, 4.69) is 9.71 Å². The number of aryl methyl sites for hydroxylation is 1. The molecule has 3 N–H and O–H groups in total. The van der Waals surface area contributed by atoms with Gasteiger partial charge in [-0.1, -0.05) is 0 Å². The van der Waals surface area contributed by atoms with Crippen molar-refractivity contribution in [1.82, 2.24) is 9.71 Å². The van der Waals surface area contributed by atoms with E-state index in [9.17, 15) is 13.2 Å². The summed E-state index contributed by atoms with van der Waals surface area (Å²) in [4.78, 5) is 13.7. The number of aromatic amines is 1. The van der Waals surface area contributed by atoms with Crippen molar-refractivity contribution in [3.05, 3.63) is 17.0 Å². The number of carboxylic acid groups (broad SMARTS) is 1. The third-order valence-electron chi connectivity index (χ3n) is 3.67. The second kappa shape index (κ2) is 5.43. The third kappa shape index (κ3) is 3.12. The number of nitrogens with one attached hydrogen (secondary N) is 2. The predicted octanol–water partition coefficient (Wildman–Crippen LogP) is 1.18. The van der Waals surface area contributed by atoms with Gasteiger partial charge < -0.3 is 14.8 Å². The summed E-state index contributed by atoms with van der Waals surface area (Å²) in [5.74, 6) is -1.18. The van der Waals surface area contributed by atoms with Gasteiger partial charge in [-0.25, -0.2) is 17.9 Å². The number of aromatic carboxylic acids is 1. The van der Waals surface area contributed by atoms with Crippen LogP contribution < -0.4 is 4.72 Å². The van der Waals surface area contributed by atoms with Gasteiger partial charge in [0.1, 0.15) is 10.6 Å². The normalized spacial score (nSPS) is 23.2. The van der Waals surface area contributed by atoms with Crippen molar-refractivity contribution in [3.8, 4) is 0 Å². The summed E-state index contributed by atoms with van der Waals surface area (Å²) in [6, 6.07) is 0. The van der Waals surface area contributed by atoms with Crippen LogP contribution in [0, 0.1) is 13.8 Å². The highest BCUT2D eigenvalue weighted by Gasteiger charge is 2.35. The molecule has 1 aliphatic rings. The zero-order chi connectivity index (χ0) is 15.8. The van der Waals surface area contributed by atoms with E-state index in [-0.39, 0.29) is 16.2 Å². The summed E-state index contributed by atoms with van der Waals surface area (Å²) in [5, 5.41) is 9.07. The SMILES string of the molecule is Cc1[nH]c(C(=O)O)c(C)c1S(=O)(=O)NC1(C)CCCOC1. The molecular formula is C13H20N2O5S. The zero-order valence-corrected chi connectivity index (χ0v) is 13.1. The van der Waals surface area contributed by atoms with E-state index in [1.54, 1.807) is 13.8 Å². The molecule has 0 saturated carbocycles. The summed E-state index contributed by atoms with van der Waals surface area (Å²) in [5.41, 5.74) is -0.236. The molecule has 0 aliphatic carbocycles. The van der Waals surface area contributed by atoms with Gasteiger partial charge in [0.2, 0.25) is 10.0 Å². The van der Waals surface area contributed by atoms with Crippen LogP contribution in [0.4, 0.5) is 0 Å². The molecule has 0 spiro atoms. The lowest BCUT2D eigenvalue weighted by Gasteiger charge is -2.33. The summed E-state index contributed by atoms with van der Waals surface area (Å²) in [6.07, 6.45) is 1.46. The van der Waals surface area contributed by atoms with Crippen LogP contribution in [-0.4, -0.2) is 43.2 Å². The highest BCUT2D eigenvalue weighted by atomic mass is 32.2. The maximum atomic E-state index is 12.6. The van der Waals surface area contributed by atoms with Crippen LogP contribution in [0.25, 0.3) is 0 Å². The fraction of sp³-hybridized carbons (Fsp3) is 0.615. The molecular weight excluding hydrogens is 296 g/mol. The molecule has 118 valence electrons. The van der Waals surface area contributed by atoms with Crippen molar-refractivity contribution < 1.29 is 23.1 Å². The lowest BCUT2D eigenvalue weighted by molar-refractivity contribution is 0.0386. The van der Waals surface area contributed by atoms with Crippen LogP contribution in [0.15, 0.2) is 4.90 Å². The lowest BCUT2D eigenvalue weighted by atomic mass is 9.97. The van der Waals surface area contributed by atoms with Crippen LogP contribution in [0.3, 0.4) is 0 Å². The molecule has 1 fully saturated rings. The molecule has 2 heterocycles. The van der Waals surface area contributed by atoms with Crippen molar-refractivity contribution in [2.75, 3.05) is 13.2 Å². The molecule has 1 aromatic rings. The molecule has 0 bridgehead atoms. The second-order valence-electron chi connectivity index (χ2n) is 5.71. The number of rotatable bonds is 4. The molecule has 0 aromatic carbocycles. The molecule has 1 aliphatic heterocycles. The summed E-state index contributed by atoms with van der Waals surface area (Å²) in [7, 11) is -3.82. The molecule has 0 radical (unpaired) electrons. The van der Waals surface area contributed by atoms with Gasteiger partial charge in [-0.15, -0.1) is 0 Å². The first-order chi connectivity index (χ1) is 9.66. The number of aromatic nitrogens is 1. The highest BCUT2D eigenvalue weighted by Crippen LogP contribution is 2.27. The van der Waals surface area contributed by atoms with Crippen LogP contribution in [-0.2, 0) is 14.8 Å². The number of hydrogen-bond acceptors (Lipinski definition) is 4. The smallest absolute Gasteiger partial charge is 0.352 e. The Labute approximate surface area is 123 Å². The molecule has 1 saturated heterocycles. The summed E-state index contributed by atoms with van der Waals surface area (Å²) in [6.45, 7) is 5.76. The molecule has 1 atom stereocenters. The predicted molar refractivity (Wildman–Crippen MR) is 76.0 cm³/mol. The van der Waals surface area contributed by atoms with E-state index in [1.807, 2.05) is 0 Å². The van der Waals surface area contributed by atoms with Gasteiger partial charge in [0.05, 0.1) is 12.1 Å². The van der Waals surface area contributed by atoms with E-state index in [4.69, 9.17) is 9.84 Å². The fourth-order valence-corrected chi connectivity index (χ4v) is 4.61. The minimum atomic E-state index is -3.82. The van der Waals surface area contributed by atoms with Gasteiger partial charge in [0.15, 0.2) is 0 Å². The topological polar surface area (TPSA) is 108 Å². The maximum absolute atomic E-state index is 12.6. The maximum Gasteiger partial charge on any atom is 0.352 e. The fourth-order valence-electron chi connectivity index (χ4n) is 2.74. The number of carboxylic acids is 1. The molecule has 8 heteroatoms. The molecule has 7 nitrogen and oxygen atoms in total. The Hall–Kier alpha value is -1.38. The van der Waals surface area contributed by atoms with E-state index in [0.29, 0.717) is 25.3 Å². The quantitative estimate of drug-likeness (QED) is 0.773. The molecule has 1 unspecified atom stereocenters. The van der Waals surface area contributed by atoms with Crippen molar-refractivity contribution in [1.29, 1.82) is 0 Å². The Morgan fingerprint density at radius 2 is 2.10 bits per heavy atom. The summed E-state index contributed by atoms with van der Waals surface area (Å²) < 4.78 is 33.2. The Kier molecular flexibility index (Phi) is 4.14. The molecule has 2 rings (SSSR count). The largest absolute Gasteiger partial charge is 0.477 e. The number of H-pyrrole nitrogens is 1. The van der Waals surface area contributed by atoms with E-state index < -0.39 is 21.5 Å². The Morgan fingerprint density at radius 3 is 2.57 bits per heavy atom. The Bertz CT molecular complexity index is 656. The minimum absolute atomic E-state index is 0.00620. The van der Waals surface area contributed by atoms with E-state index in [0.717, 1.165) is 6.42 Å². The lowest BCUT2D eigenvalue weighted by Crippen LogP contribution is -2.51. The summed E-state index contributed by atoms with van der Waals surface area (Å²) >= 11 is 0. The van der Waals surface area contributed by atoms with Crippen molar-refractivity contribution in [2.45, 2.75) is 44.0 Å². The van der Waals surface area contributed by atoms with Gasteiger partial charge in [0.25, 0.3) is 0 Å². The first-order valence-electron chi connectivity index (χ1n) is 6.70. The standard InChI is InChI=1S/C13H20N2O5S/c1-8-10(12(16)17)14-9(2)11(8)21(18,19)15-13(3)5-4-6-20-7-13/h14-15H,4-7H2,1-3H3,(H,16,17). The first-order valence-corrected chi connectivity index (χ1v) is 8.19. The van der Waals surface area contributed by atoms with Crippen molar-refractivity contribution in [2.24, 2.45) is 0 Å². The van der Waals surface area contributed by atoms with Crippen LogP contribution in [0.1, 0.15) is 41.5 Å². The molecule has 21 heavy (non-hydrogen) atoms. The average Bonchev–Trinajstić information content (AvgIpc) is 2.65. The minimum Gasteiger partial charge on any atom is -0.477 e. The van der Waals surface area contributed by atoms with Crippen LogP contribution in [0.5, 0.6) is 0 Å². The van der Waals surface area contributed by atoms with Crippen molar-refractivity contribution >= 4 is 16.0 Å². The van der Waals surface area contributed by atoms with E-state index >= 15 is 0 Å². The van der Waals surface area contributed by atoms with Crippen molar-refractivity contribution in [3.63, 3.8) is 0 Å². The second-order valence-corrected chi connectivity index (χ2v) is 7.33. The van der Waals surface area contributed by atoms with Gasteiger partial charge in [-0.05, 0) is 33.6 Å². The number of carbonyl (C=O) groups is 1. The van der Waals surface area contributed by atoms with Gasteiger partial charge in [-0.3, -0.25) is 0 Å². The van der Waals surface area contributed by atoms with Crippen LogP contribution >= 0.6 is 0 Å². The van der Waals surface area contributed by atoms with Gasteiger partial charge >= 0.3 is 5.97 Å². The number of hydrogen-bond donors (Lipinski definition) is 3. The molecule has 1 aromatic heterocycles. The monoisotopic (exact) mass is 316 g/mol. The molecule has 0 amide bonds. The number of ether oxygens (including phenoxy) is 1.